The number of rotatable bonds is 3. The minimum Gasteiger partial charge on any atom is -0.475 e. The van der Waals surface area contributed by atoms with E-state index in [1.54, 1.807) is 24.5 Å². The Labute approximate surface area is 181 Å². The maximum absolute atomic E-state index is 12.8. The van der Waals surface area contributed by atoms with Crippen molar-refractivity contribution >= 4 is 17.8 Å². The zero-order valence-corrected chi connectivity index (χ0v) is 17.2. The largest absolute Gasteiger partial charge is 0.490 e. The Bertz CT molecular complexity index is 977. The third-order valence-electron chi connectivity index (χ3n) is 5.44. The lowest BCUT2D eigenvalue weighted by atomic mass is 9.95. The first-order chi connectivity index (χ1) is 15.1. The van der Waals surface area contributed by atoms with E-state index in [2.05, 4.69) is 4.98 Å². The lowest BCUT2D eigenvalue weighted by Gasteiger charge is -2.39. The topological polar surface area (TPSA) is 104 Å². The first kappa shape index (κ1) is 23.3. The number of furan rings is 1. The quantitative estimate of drug-likeness (QED) is 0.766. The molecular formula is C21H22F3N3O5. The molecular weight excluding hydrogens is 431 g/mol. The van der Waals surface area contributed by atoms with Gasteiger partial charge < -0.3 is 19.3 Å². The number of fused-ring (bicyclic) bond motifs is 1. The van der Waals surface area contributed by atoms with E-state index in [0.29, 0.717) is 25.3 Å². The number of halogens is 3. The summed E-state index contributed by atoms with van der Waals surface area (Å²) >= 11 is 0. The number of aliphatic carboxylic acids is 1. The standard InChI is InChI=1S/C19H21N3O3.C2HF3O2/c1-13-2-4-17(25-13)19(24)21-11-8-16-15(21)3-5-18(23)22(16)12-14-6-9-20-10-7-14;3-2(4,5)1(6)7/h2,4,6-7,9-10,15-16H,3,5,8,11-12H2,1H3;(H,6,7)/t15-,16-;/m1./s1. The molecule has 8 nitrogen and oxygen atoms in total. The van der Waals surface area contributed by atoms with Crippen molar-refractivity contribution in [1.82, 2.24) is 14.8 Å². The van der Waals surface area contributed by atoms with Crippen LogP contribution in [0.5, 0.6) is 0 Å². The molecule has 0 spiro atoms. The Kier molecular flexibility index (Phi) is 6.85. The molecule has 2 fully saturated rings. The molecule has 2 atom stereocenters. The Morgan fingerprint density at radius 1 is 1.16 bits per heavy atom. The second-order valence-electron chi connectivity index (χ2n) is 7.55. The number of hydrogen-bond donors (Lipinski definition) is 1. The molecule has 0 bridgehead atoms. The number of aryl methyl sites for hydroxylation is 1. The number of carboxylic acid groups (broad SMARTS) is 1. The molecule has 2 amide bonds. The van der Waals surface area contributed by atoms with Crippen molar-refractivity contribution in [2.45, 2.75) is 51.0 Å². The number of hydrogen-bond acceptors (Lipinski definition) is 5. The number of carbonyl (C=O) groups is 3. The van der Waals surface area contributed by atoms with Gasteiger partial charge in [0.15, 0.2) is 5.76 Å². The normalized spacial score (nSPS) is 20.4. The number of amides is 2. The number of piperidine rings is 1. The van der Waals surface area contributed by atoms with Crippen molar-refractivity contribution in [3.05, 3.63) is 53.7 Å². The average molecular weight is 453 g/mol. The Morgan fingerprint density at radius 2 is 1.81 bits per heavy atom. The molecule has 4 rings (SSSR count). The summed E-state index contributed by atoms with van der Waals surface area (Å²) in [5.74, 6) is -1.54. The van der Waals surface area contributed by atoms with Crippen LogP contribution in [0.3, 0.4) is 0 Å². The van der Waals surface area contributed by atoms with Crippen LogP contribution in [0.2, 0.25) is 0 Å². The second kappa shape index (κ2) is 9.41. The van der Waals surface area contributed by atoms with E-state index in [-0.39, 0.29) is 23.9 Å². The minimum atomic E-state index is -5.08. The van der Waals surface area contributed by atoms with Gasteiger partial charge in [-0.15, -0.1) is 0 Å². The molecule has 32 heavy (non-hydrogen) atoms. The summed E-state index contributed by atoms with van der Waals surface area (Å²) in [4.78, 5) is 42.0. The molecule has 2 aliphatic heterocycles. The third-order valence-corrected chi connectivity index (χ3v) is 5.44. The van der Waals surface area contributed by atoms with Gasteiger partial charge in [0.25, 0.3) is 5.91 Å². The maximum Gasteiger partial charge on any atom is 0.490 e. The van der Waals surface area contributed by atoms with Gasteiger partial charge in [-0.1, -0.05) is 0 Å². The van der Waals surface area contributed by atoms with Crippen molar-refractivity contribution in [3.63, 3.8) is 0 Å². The van der Waals surface area contributed by atoms with Crippen LogP contribution in [-0.4, -0.2) is 62.5 Å². The summed E-state index contributed by atoms with van der Waals surface area (Å²) < 4.78 is 37.2. The fraction of sp³-hybridized carbons (Fsp3) is 0.429. The van der Waals surface area contributed by atoms with Crippen molar-refractivity contribution in [2.75, 3.05) is 6.54 Å². The fourth-order valence-corrected chi connectivity index (χ4v) is 3.98. The molecule has 0 unspecified atom stereocenters. The van der Waals surface area contributed by atoms with Crippen molar-refractivity contribution in [1.29, 1.82) is 0 Å². The number of pyridine rings is 1. The Morgan fingerprint density at radius 3 is 2.38 bits per heavy atom. The molecule has 2 aromatic heterocycles. The van der Waals surface area contributed by atoms with Gasteiger partial charge in [0.2, 0.25) is 5.91 Å². The number of aromatic nitrogens is 1. The predicted molar refractivity (Wildman–Crippen MR) is 104 cm³/mol. The number of carboxylic acids is 1. The van der Waals surface area contributed by atoms with Gasteiger partial charge in [-0.2, -0.15) is 13.2 Å². The third kappa shape index (κ3) is 5.27. The summed E-state index contributed by atoms with van der Waals surface area (Å²) in [7, 11) is 0. The van der Waals surface area contributed by atoms with E-state index < -0.39 is 12.1 Å². The van der Waals surface area contributed by atoms with Crippen LogP contribution >= 0.6 is 0 Å². The molecule has 0 saturated carbocycles. The number of carbonyl (C=O) groups excluding carboxylic acids is 2. The summed E-state index contributed by atoms with van der Waals surface area (Å²) in [5, 5.41) is 7.12. The van der Waals surface area contributed by atoms with Crippen LogP contribution in [-0.2, 0) is 16.1 Å². The van der Waals surface area contributed by atoms with Crippen LogP contribution in [0.15, 0.2) is 41.1 Å². The van der Waals surface area contributed by atoms with Crippen molar-refractivity contribution in [3.8, 4) is 0 Å². The second-order valence-corrected chi connectivity index (χ2v) is 7.55. The molecule has 2 saturated heterocycles. The van der Waals surface area contributed by atoms with Gasteiger partial charge in [0.05, 0.1) is 12.1 Å². The van der Waals surface area contributed by atoms with Gasteiger partial charge in [0, 0.05) is 31.9 Å². The summed E-state index contributed by atoms with van der Waals surface area (Å²) in [5.41, 5.74) is 1.07. The summed E-state index contributed by atoms with van der Waals surface area (Å²) in [6.07, 6.45) is 0.415. The molecule has 0 aliphatic carbocycles. The van der Waals surface area contributed by atoms with Crippen LogP contribution in [0, 0.1) is 6.92 Å². The molecule has 11 heteroatoms. The molecule has 0 radical (unpaired) electrons. The lowest BCUT2D eigenvalue weighted by Crippen LogP contribution is -2.52. The van der Waals surface area contributed by atoms with E-state index >= 15 is 0 Å². The van der Waals surface area contributed by atoms with Crippen molar-refractivity contribution < 1.29 is 37.1 Å². The molecule has 172 valence electrons. The van der Waals surface area contributed by atoms with Gasteiger partial charge in [-0.05, 0) is 49.6 Å². The van der Waals surface area contributed by atoms with Crippen molar-refractivity contribution in [2.24, 2.45) is 0 Å². The average Bonchev–Trinajstić information content (AvgIpc) is 3.36. The first-order valence-corrected chi connectivity index (χ1v) is 9.94. The smallest absolute Gasteiger partial charge is 0.475 e. The lowest BCUT2D eigenvalue weighted by molar-refractivity contribution is -0.192. The summed E-state index contributed by atoms with van der Waals surface area (Å²) in [6, 6.07) is 7.54. The highest BCUT2D eigenvalue weighted by Crippen LogP contribution is 2.33. The van der Waals surface area contributed by atoms with E-state index in [9.17, 15) is 22.8 Å². The van der Waals surface area contributed by atoms with Crippen LogP contribution in [0.25, 0.3) is 0 Å². The van der Waals surface area contributed by atoms with Gasteiger partial charge in [-0.3, -0.25) is 14.6 Å². The molecule has 1 N–H and O–H groups in total. The van der Waals surface area contributed by atoms with Gasteiger partial charge in [-0.25, -0.2) is 4.79 Å². The highest BCUT2D eigenvalue weighted by Gasteiger charge is 2.45. The Balaban J connectivity index is 0.000000360. The fourth-order valence-electron chi connectivity index (χ4n) is 3.98. The molecule has 2 aliphatic rings. The predicted octanol–water partition coefficient (Wildman–Crippen LogP) is 3.02. The number of nitrogens with zero attached hydrogens (tertiary/aromatic N) is 3. The summed E-state index contributed by atoms with van der Waals surface area (Å²) in [6.45, 7) is 3.07. The molecule has 4 heterocycles. The number of likely N-dealkylation sites (tertiary alicyclic amines) is 2. The monoisotopic (exact) mass is 453 g/mol. The molecule has 2 aromatic rings. The van der Waals surface area contributed by atoms with E-state index in [4.69, 9.17) is 14.3 Å². The minimum absolute atomic E-state index is 0.0671. The molecule has 0 aromatic carbocycles. The highest BCUT2D eigenvalue weighted by atomic mass is 19.4. The van der Waals surface area contributed by atoms with Gasteiger partial charge in [0.1, 0.15) is 5.76 Å². The van der Waals surface area contributed by atoms with E-state index in [0.717, 1.165) is 24.2 Å². The van der Waals surface area contributed by atoms with Crippen LogP contribution < -0.4 is 0 Å². The first-order valence-electron chi connectivity index (χ1n) is 9.94. The zero-order chi connectivity index (χ0) is 23.5. The zero-order valence-electron chi connectivity index (χ0n) is 17.2. The number of alkyl halides is 3. The van der Waals surface area contributed by atoms with Gasteiger partial charge >= 0.3 is 12.1 Å². The van der Waals surface area contributed by atoms with E-state index in [1.807, 2.05) is 28.9 Å². The van der Waals surface area contributed by atoms with Crippen LogP contribution in [0.1, 0.15) is 41.1 Å². The van der Waals surface area contributed by atoms with E-state index in [1.165, 1.54) is 0 Å². The highest BCUT2D eigenvalue weighted by molar-refractivity contribution is 5.92. The SMILES string of the molecule is Cc1ccc(C(=O)N2CC[C@@H]3[C@H]2CCC(=O)N3Cc2ccncc2)o1.O=C(O)C(F)(F)F. The maximum atomic E-state index is 12.8. The van der Waals surface area contributed by atoms with Crippen LogP contribution in [0.4, 0.5) is 13.2 Å². The Hall–Kier alpha value is -3.37.